The molecule has 2 aromatic carbocycles. The highest BCUT2D eigenvalue weighted by Gasteiger charge is 2.28. The van der Waals surface area contributed by atoms with Gasteiger partial charge >= 0.3 is 0 Å². The van der Waals surface area contributed by atoms with Crippen molar-refractivity contribution in [2.75, 3.05) is 5.32 Å². The normalized spacial score (nSPS) is 12.2. The second-order valence-corrected chi connectivity index (χ2v) is 8.10. The van der Waals surface area contributed by atoms with E-state index < -0.39 is 3.79 Å². The topological polar surface area (TPSA) is 50.2 Å². The SMILES string of the molecule is ClC(Cl)(Cl)c1nsc(NC(=NCc2ccccc2)c2ccccc2)n1. The Morgan fingerprint density at radius 3 is 2.24 bits per heavy atom. The molecule has 128 valence electrons. The van der Waals surface area contributed by atoms with Gasteiger partial charge in [0.15, 0.2) is 5.82 Å². The monoisotopic (exact) mass is 410 g/mol. The number of anilines is 1. The molecular formula is C17H13Cl3N4S. The van der Waals surface area contributed by atoms with Crippen LogP contribution in [-0.4, -0.2) is 15.2 Å². The molecule has 3 rings (SSSR count). The zero-order chi connectivity index (χ0) is 17.7. The Bertz CT molecular complexity index is 845. The first-order valence-corrected chi connectivity index (χ1v) is 9.25. The molecule has 1 heterocycles. The third-order valence-corrected chi connectivity index (χ3v) is 4.35. The highest BCUT2D eigenvalue weighted by molar-refractivity contribution is 7.10. The van der Waals surface area contributed by atoms with Gasteiger partial charge in [0.2, 0.25) is 5.13 Å². The van der Waals surface area contributed by atoms with Crippen LogP contribution in [0.25, 0.3) is 0 Å². The summed E-state index contributed by atoms with van der Waals surface area (Å²) in [6, 6.07) is 19.8. The van der Waals surface area contributed by atoms with E-state index in [1.54, 1.807) is 0 Å². The van der Waals surface area contributed by atoms with Gasteiger partial charge in [0.05, 0.1) is 6.54 Å². The second kappa shape index (κ2) is 8.15. The Hall–Kier alpha value is -1.66. The lowest BCUT2D eigenvalue weighted by atomic mass is 10.2. The molecule has 0 atom stereocenters. The summed E-state index contributed by atoms with van der Waals surface area (Å²) in [5.41, 5.74) is 2.04. The zero-order valence-corrected chi connectivity index (χ0v) is 15.9. The smallest absolute Gasteiger partial charge is 0.251 e. The van der Waals surface area contributed by atoms with E-state index in [9.17, 15) is 0 Å². The molecule has 0 amide bonds. The quantitative estimate of drug-likeness (QED) is 0.354. The van der Waals surface area contributed by atoms with Crippen molar-refractivity contribution in [1.29, 1.82) is 0 Å². The van der Waals surface area contributed by atoms with Crippen molar-refractivity contribution in [2.24, 2.45) is 4.99 Å². The predicted octanol–water partition coefficient (Wildman–Crippen LogP) is 5.42. The van der Waals surface area contributed by atoms with Crippen molar-refractivity contribution < 1.29 is 0 Å². The van der Waals surface area contributed by atoms with Gasteiger partial charge in [-0.2, -0.15) is 9.36 Å². The molecule has 1 aromatic heterocycles. The average Bonchev–Trinajstić information content (AvgIpc) is 3.09. The van der Waals surface area contributed by atoms with Crippen molar-refractivity contribution in [1.82, 2.24) is 9.36 Å². The number of amidine groups is 1. The molecule has 0 aliphatic heterocycles. The molecule has 8 heteroatoms. The third kappa shape index (κ3) is 5.16. The maximum Gasteiger partial charge on any atom is 0.251 e. The number of hydrogen-bond donors (Lipinski definition) is 1. The molecule has 4 nitrogen and oxygen atoms in total. The average molecular weight is 412 g/mol. The highest BCUT2D eigenvalue weighted by atomic mass is 35.6. The van der Waals surface area contributed by atoms with Gasteiger partial charge in [0, 0.05) is 17.1 Å². The molecule has 0 bridgehead atoms. The molecule has 0 spiro atoms. The van der Waals surface area contributed by atoms with E-state index in [1.165, 1.54) is 0 Å². The van der Waals surface area contributed by atoms with Crippen LogP contribution >= 0.6 is 46.3 Å². The lowest BCUT2D eigenvalue weighted by molar-refractivity contribution is 1.04. The first-order chi connectivity index (χ1) is 12.0. The number of halogens is 3. The minimum Gasteiger partial charge on any atom is -0.315 e. The number of aliphatic imine (C=N–C) groups is 1. The third-order valence-electron chi connectivity index (χ3n) is 3.21. The Morgan fingerprint density at radius 1 is 1.00 bits per heavy atom. The fourth-order valence-corrected chi connectivity index (χ4v) is 3.07. The van der Waals surface area contributed by atoms with E-state index in [-0.39, 0.29) is 5.82 Å². The Balaban J connectivity index is 1.85. The van der Waals surface area contributed by atoms with Crippen LogP contribution in [0.2, 0.25) is 0 Å². The number of hydrogen-bond acceptors (Lipinski definition) is 4. The van der Waals surface area contributed by atoms with Crippen LogP contribution in [0.15, 0.2) is 65.7 Å². The van der Waals surface area contributed by atoms with Crippen molar-refractivity contribution in [3.63, 3.8) is 0 Å². The molecule has 0 radical (unpaired) electrons. The number of benzene rings is 2. The van der Waals surface area contributed by atoms with Gasteiger partial charge in [-0.15, -0.1) is 0 Å². The highest BCUT2D eigenvalue weighted by Crippen LogP contribution is 2.37. The predicted molar refractivity (Wildman–Crippen MR) is 106 cm³/mol. The summed E-state index contributed by atoms with van der Waals surface area (Å²) in [6.07, 6.45) is 0. The van der Waals surface area contributed by atoms with Gasteiger partial charge in [-0.25, -0.2) is 0 Å². The molecule has 0 saturated carbocycles. The van der Waals surface area contributed by atoms with Crippen LogP contribution in [0.3, 0.4) is 0 Å². The Labute approximate surface area is 164 Å². The Kier molecular flexibility index (Phi) is 5.91. The number of nitrogens with zero attached hydrogens (tertiary/aromatic N) is 3. The van der Waals surface area contributed by atoms with Gasteiger partial charge in [-0.1, -0.05) is 95.5 Å². The van der Waals surface area contributed by atoms with Gasteiger partial charge in [0.1, 0.15) is 5.84 Å². The van der Waals surface area contributed by atoms with Crippen LogP contribution in [-0.2, 0) is 10.3 Å². The number of nitrogens with one attached hydrogen (secondary N) is 1. The number of rotatable bonds is 4. The molecule has 0 unspecified atom stereocenters. The van der Waals surface area contributed by atoms with E-state index in [4.69, 9.17) is 34.8 Å². The minimum absolute atomic E-state index is 0.139. The molecular weight excluding hydrogens is 399 g/mol. The van der Waals surface area contributed by atoms with E-state index in [2.05, 4.69) is 19.7 Å². The van der Waals surface area contributed by atoms with E-state index in [1.807, 2.05) is 60.7 Å². The molecule has 25 heavy (non-hydrogen) atoms. The number of alkyl halides is 3. The van der Waals surface area contributed by atoms with E-state index in [0.717, 1.165) is 22.7 Å². The van der Waals surface area contributed by atoms with Crippen LogP contribution in [0.4, 0.5) is 5.13 Å². The van der Waals surface area contributed by atoms with Crippen LogP contribution < -0.4 is 5.32 Å². The molecule has 1 N–H and O–H groups in total. The molecule has 0 aliphatic carbocycles. The van der Waals surface area contributed by atoms with Crippen molar-refractivity contribution in [3.05, 3.63) is 77.6 Å². The second-order valence-electron chi connectivity index (χ2n) is 5.06. The van der Waals surface area contributed by atoms with Gasteiger partial charge < -0.3 is 5.32 Å². The largest absolute Gasteiger partial charge is 0.315 e. The van der Waals surface area contributed by atoms with Crippen molar-refractivity contribution in [2.45, 2.75) is 10.3 Å². The Morgan fingerprint density at radius 2 is 1.64 bits per heavy atom. The first-order valence-electron chi connectivity index (χ1n) is 7.34. The standard InChI is InChI=1S/C17H13Cl3N4S/c18-17(19,20)15-23-16(25-24-15)22-14(13-9-5-2-6-10-13)21-11-12-7-3-1-4-8-12/h1-10H,11H2,(H,21,22,23,24). The maximum atomic E-state index is 5.82. The van der Waals surface area contributed by atoms with Crippen LogP contribution in [0.1, 0.15) is 17.0 Å². The molecule has 3 aromatic rings. The molecule has 0 saturated heterocycles. The fourth-order valence-electron chi connectivity index (χ4n) is 2.04. The van der Waals surface area contributed by atoms with Gasteiger partial charge in [0.25, 0.3) is 3.79 Å². The first kappa shape index (κ1) is 18.1. The van der Waals surface area contributed by atoms with Crippen molar-refractivity contribution in [3.8, 4) is 0 Å². The van der Waals surface area contributed by atoms with Gasteiger partial charge in [-0.3, -0.25) is 4.99 Å². The van der Waals surface area contributed by atoms with E-state index >= 15 is 0 Å². The summed E-state index contributed by atoms with van der Waals surface area (Å²) in [4.78, 5) is 8.90. The van der Waals surface area contributed by atoms with Crippen molar-refractivity contribution >= 4 is 57.3 Å². The summed E-state index contributed by atoms with van der Waals surface area (Å²) in [5, 5.41) is 3.69. The minimum atomic E-state index is -1.65. The lowest BCUT2D eigenvalue weighted by Crippen LogP contribution is -2.14. The van der Waals surface area contributed by atoms with Crippen LogP contribution in [0, 0.1) is 0 Å². The van der Waals surface area contributed by atoms with Gasteiger partial charge in [-0.05, 0) is 5.56 Å². The van der Waals surface area contributed by atoms with E-state index in [0.29, 0.717) is 17.5 Å². The summed E-state index contributed by atoms with van der Waals surface area (Å²) >= 11 is 18.6. The van der Waals surface area contributed by atoms with Crippen LogP contribution in [0.5, 0.6) is 0 Å². The number of aromatic nitrogens is 2. The summed E-state index contributed by atoms with van der Waals surface area (Å²) in [5.74, 6) is 0.817. The lowest BCUT2D eigenvalue weighted by Gasteiger charge is -2.08. The fraction of sp³-hybridized carbons (Fsp3) is 0.118. The summed E-state index contributed by atoms with van der Waals surface area (Å²) in [7, 11) is 0. The molecule has 0 aliphatic rings. The summed E-state index contributed by atoms with van der Waals surface area (Å²) in [6.45, 7) is 0.536. The summed E-state index contributed by atoms with van der Waals surface area (Å²) < 4.78 is 2.42. The molecule has 0 fully saturated rings. The maximum absolute atomic E-state index is 5.82. The zero-order valence-electron chi connectivity index (χ0n) is 12.9.